The minimum absolute atomic E-state index is 0.0537. The zero-order chi connectivity index (χ0) is 14.8. The van der Waals surface area contributed by atoms with Crippen molar-refractivity contribution in [3.63, 3.8) is 0 Å². The molecule has 19 heavy (non-hydrogen) atoms. The number of hydrogen-bond donors (Lipinski definition) is 2. The maximum absolute atomic E-state index is 11.7. The topological polar surface area (TPSA) is 101 Å². The molecule has 0 aliphatic heterocycles. The zero-order valence-corrected chi connectivity index (χ0v) is 12.4. The van der Waals surface area contributed by atoms with Crippen LogP contribution >= 0.6 is 0 Å². The van der Waals surface area contributed by atoms with Gasteiger partial charge in [-0.05, 0) is 12.5 Å². The summed E-state index contributed by atoms with van der Waals surface area (Å²) >= 11 is 0. The molecular weight excluding hydrogens is 268 g/mol. The van der Waals surface area contributed by atoms with Gasteiger partial charge >= 0.3 is 17.9 Å². The van der Waals surface area contributed by atoms with Crippen molar-refractivity contribution < 1.29 is 29.3 Å². The molecular formula is C12H20O6Si. The van der Waals surface area contributed by atoms with Crippen LogP contribution in [0.4, 0.5) is 0 Å². The number of ether oxygens (including phenoxy) is 1. The first-order valence-electron chi connectivity index (χ1n) is 6.26. The average molecular weight is 288 g/mol. The third kappa shape index (κ3) is 4.05. The third-order valence-corrected chi connectivity index (χ3v) is 5.08. The first kappa shape index (κ1) is 15.7. The fraction of sp³-hybridized carbons (Fsp3) is 0.750. The van der Waals surface area contributed by atoms with Crippen LogP contribution < -0.4 is 0 Å². The molecule has 3 unspecified atom stereocenters. The van der Waals surface area contributed by atoms with Crippen molar-refractivity contribution >= 4 is 26.0 Å². The number of rotatable bonds is 6. The first-order chi connectivity index (χ1) is 8.63. The Labute approximate surface area is 112 Å². The molecule has 108 valence electrons. The van der Waals surface area contributed by atoms with Gasteiger partial charge in [0, 0.05) is 8.07 Å². The van der Waals surface area contributed by atoms with Crippen molar-refractivity contribution in [2.45, 2.75) is 32.1 Å². The lowest BCUT2D eigenvalue weighted by atomic mass is 9.64. The highest BCUT2D eigenvalue weighted by Crippen LogP contribution is 2.41. The second kappa shape index (κ2) is 5.73. The monoisotopic (exact) mass is 288 g/mol. The maximum Gasteiger partial charge on any atom is 0.309 e. The van der Waals surface area contributed by atoms with Gasteiger partial charge in [-0.25, -0.2) is 0 Å². The lowest BCUT2D eigenvalue weighted by Crippen LogP contribution is -2.50. The Balaban J connectivity index is 2.50. The van der Waals surface area contributed by atoms with Crippen molar-refractivity contribution in [3.8, 4) is 0 Å². The van der Waals surface area contributed by atoms with Crippen LogP contribution in [-0.4, -0.2) is 42.8 Å². The molecule has 1 fully saturated rings. The second-order valence-corrected chi connectivity index (χ2v) is 11.8. The number of carboxylic acid groups (broad SMARTS) is 2. The summed E-state index contributed by atoms with van der Waals surface area (Å²) in [5, 5.41) is 17.8. The largest absolute Gasteiger partial charge is 0.481 e. The van der Waals surface area contributed by atoms with Crippen LogP contribution in [0, 0.1) is 17.8 Å². The van der Waals surface area contributed by atoms with Gasteiger partial charge < -0.3 is 14.9 Å². The third-order valence-electron chi connectivity index (χ3n) is 3.38. The normalized spacial score (nSPS) is 26.4. The van der Waals surface area contributed by atoms with E-state index in [9.17, 15) is 14.4 Å². The van der Waals surface area contributed by atoms with E-state index in [-0.39, 0.29) is 13.0 Å². The van der Waals surface area contributed by atoms with Crippen LogP contribution in [0.3, 0.4) is 0 Å². The molecule has 1 saturated carbocycles. The van der Waals surface area contributed by atoms with E-state index in [2.05, 4.69) is 19.6 Å². The Kier molecular flexibility index (Phi) is 4.73. The van der Waals surface area contributed by atoms with E-state index in [0.29, 0.717) is 0 Å². The van der Waals surface area contributed by atoms with E-state index in [1.54, 1.807) is 0 Å². The smallest absolute Gasteiger partial charge is 0.309 e. The Morgan fingerprint density at radius 2 is 1.68 bits per heavy atom. The Morgan fingerprint density at radius 3 is 2.11 bits per heavy atom. The van der Waals surface area contributed by atoms with E-state index in [1.807, 2.05) is 0 Å². The molecule has 1 rings (SSSR count). The number of carbonyl (C=O) groups excluding carboxylic acids is 1. The molecule has 0 spiro atoms. The fourth-order valence-electron chi connectivity index (χ4n) is 2.06. The number of aliphatic carboxylic acids is 2. The van der Waals surface area contributed by atoms with E-state index >= 15 is 0 Å². The van der Waals surface area contributed by atoms with Gasteiger partial charge in [0.2, 0.25) is 0 Å². The van der Waals surface area contributed by atoms with Crippen LogP contribution in [0.25, 0.3) is 0 Å². The van der Waals surface area contributed by atoms with Gasteiger partial charge in [-0.2, -0.15) is 0 Å². The van der Waals surface area contributed by atoms with Crippen molar-refractivity contribution in [2.24, 2.45) is 17.8 Å². The van der Waals surface area contributed by atoms with Gasteiger partial charge in [0.05, 0.1) is 24.4 Å². The summed E-state index contributed by atoms with van der Waals surface area (Å²) in [6, 6.07) is 0.811. The summed E-state index contributed by atoms with van der Waals surface area (Å²) in [4.78, 5) is 33.5. The highest BCUT2D eigenvalue weighted by Gasteiger charge is 2.54. The van der Waals surface area contributed by atoms with Crippen LogP contribution in [0.15, 0.2) is 0 Å². The molecule has 0 saturated heterocycles. The molecule has 0 aromatic rings. The predicted octanol–water partition coefficient (Wildman–Crippen LogP) is 1.29. The first-order valence-corrected chi connectivity index (χ1v) is 9.96. The molecule has 7 heteroatoms. The standard InChI is InChI=1S/C12H20O6Si/c1-19(2,3)5-4-18-12(17)8-6-7(10(13)14)9(8)11(15)16/h7-9H,4-6H2,1-3H3,(H,13,14)(H,15,16). The molecule has 0 aromatic carbocycles. The second-order valence-electron chi connectivity index (χ2n) is 6.13. The zero-order valence-electron chi connectivity index (χ0n) is 11.4. The van der Waals surface area contributed by atoms with Gasteiger partial charge in [-0.3, -0.25) is 14.4 Å². The summed E-state index contributed by atoms with van der Waals surface area (Å²) in [5.74, 6) is -5.95. The molecule has 0 heterocycles. The van der Waals surface area contributed by atoms with E-state index in [0.717, 1.165) is 6.04 Å². The van der Waals surface area contributed by atoms with Crippen LogP contribution in [0.2, 0.25) is 25.7 Å². The minimum Gasteiger partial charge on any atom is -0.481 e. The van der Waals surface area contributed by atoms with Gasteiger partial charge in [0.15, 0.2) is 0 Å². The summed E-state index contributed by atoms with van der Waals surface area (Å²) in [6.45, 7) is 6.72. The quantitative estimate of drug-likeness (QED) is 0.564. The van der Waals surface area contributed by atoms with Crippen LogP contribution in [-0.2, 0) is 19.1 Å². The van der Waals surface area contributed by atoms with E-state index in [1.165, 1.54) is 0 Å². The molecule has 1 aliphatic carbocycles. The maximum atomic E-state index is 11.7. The average Bonchev–Trinajstić information content (AvgIpc) is 2.11. The fourth-order valence-corrected chi connectivity index (χ4v) is 2.77. The van der Waals surface area contributed by atoms with Gasteiger partial charge in [0.25, 0.3) is 0 Å². The molecule has 1 aliphatic rings. The SMILES string of the molecule is C[Si](C)(C)CCOC(=O)C1CC(C(=O)O)C1C(=O)O. The molecule has 3 atom stereocenters. The molecule has 0 bridgehead atoms. The summed E-state index contributed by atoms with van der Waals surface area (Å²) < 4.78 is 5.07. The van der Waals surface area contributed by atoms with Crippen molar-refractivity contribution in [1.29, 1.82) is 0 Å². The molecule has 6 nitrogen and oxygen atoms in total. The summed E-state index contributed by atoms with van der Waals surface area (Å²) in [5.41, 5.74) is 0. The van der Waals surface area contributed by atoms with Gasteiger partial charge in [0.1, 0.15) is 0 Å². The van der Waals surface area contributed by atoms with Crippen LogP contribution in [0.1, 0.15) is 6.42 Å². The van der Waals surface area contributed by atoms with Crippen LogP contribution in [0.5, 0.6) is 0 Å². The molecule has 0 radical (unpaired) electrons. The minimum atomic E-state index is -1.31. The van der Waals surface area contributed by atoms with E-state index < -0.39 is 43.7 Å². The highest BCUT2D eigenvalue weighted by atomic mass is 28.3. The molecule has 0 aromatic heterocycles. The van der Waals surface area contributed by atoms with E-state index in [4.69, 9.17) is 14.9 Å². The number of hydrogen-bond acceptors (Lipinski definition) is 4. The van der Waals surface area contributed by atoms with Gasteiger partial charge in [-0.15, -0.1) is 0 Å². The Morgan fingerprint density at radius 1 is 1.11 bits per heavy atom. The van der Waals surface area contributed by atoms with Crippen molar-refractivity contribution in [1.82, 2.24) is 0 Å². The number of carboxylic acids is 2. The predicted molar refractivity (Wildman–Crippen MR) is 69.5 cm³/mol. The highest BCUT2D eigenvalue weighted by molar-refractivity contribution is 6.76. The molecule has 2 N–H and O–H groups in total. The summed E-state index contributed by atoms with van der Waals surface area (Å²) in [7, 11) is -1.31. The number of carbonyl (C=O) groups is 3. The Hall–Kier alpha value is -1.37. The lowest BCUT2D eigenvalue weighted by molar-refractivity contribution is -0.176. The molecule has 0 amide bonds. The lowest BCUT2D eigenvalue weighted by Gasteiger charge is -2.37. The van der Waals surface area contributed by atoms with Gasteiger partial charge in [-0.1, -0.05) is 19.6 Å². The van der Waals surface area contributed by atoms with Crippen molar-refractivity contribution in [3.05, 3.63) is 0 Å². The number of esters is 1. The Bertz CT molecular complexity index is 386. The van der Waals surface area contributed by atoms with Crippen molar-refractivity contribution in [2.75, 3.05) is 6.61 Å². The summed E-state index contributed by atoms with van der Waals surface area (Å²) in [6.07, 6.45) is 0.0537.